The van der Waals surface area contributed by atoms with Gasteiger partial charge in [0.2, 0.25) is 0 Å². The smallest absolute Gasteiger partial charge is 0.274 e. The predicted molar refractivity (Wildman–Crippen MR) is 83.9 cm³/mol. The maximum Gasteiger partial charge on any atom is 0.274 e. The van der Waals surface area contributed by atoms with E-state index in [1.807, 2.05) is 4.90 Å². The third-order valence-corrected chi connectivity index (χ3v) is 5.99. The quantitative estimate of drug-likeness (QED) is 0.712. The molecule has 1 saturated carbocycles. The summed E-state index contributed by atoms with van der Waals surface area (Å²) in [5.74, 6) is 1.20. The Morgan fingerprint density at radius 1 is 1.22 bits per heavy atom. The van der Waals surface area contributed by atoms with E-state index in [1.54, 1.807) is 0 Å². The van der Waals surface area contributed by atoms with Crippen LogP contribution in [0.25, 0.3) is 0 Å². The summed E-state index contributed by atoms with van der Waals surface area (Å²) in [5.41, 5.74) is 2.81. The molecule has 3 aliphatic rings. The molecule has 1 aromatic heterocycles. The normalized spacial score (nSPS) is 36.7. The first-order valence-corrected chi connectivity index (χ1v) is 8.74. The summed E-state index contributed by atoms with van der Waals surface area (Å²) >= 11 is 0. The molecule has 1 saturated heterocycles. The fraction of sp³-hybridized carbons (Fsp3) is 0.765. The van der Waals surface area contributed by atoms with E-state index in [-0.39, 0.29) is 5.91 Å². The van der Waals surface area contributed by atoms with Crippen molar-refractivity contribution in [2.75, 3.05) is 13.1 Å². The molecule has 126 valence electrons. The minimum Gasteiger partial charge on any atom is -0.390 e. The highest BCUT2D eigenvalue weighted by atomic mass is 16.3. The Labute approximate surface area is 135 Å². The lowest BCUT2D eigenvalue weighted by Gasteiger charge is -2.31. The van der Waals surface area contributed by atoms with Gasteiger partial charge in [0.25, 0.3) is 5.91 Å². The van der Waals surface area contributed by atoms with E-state index in [4.69, 9.17) is 0 Å². The number of nitrogens with one attached hydrogen (secondary N) is 1. The average molecular weight is 319 g/mol. The second-order valence-electron chi connectivity index (χ2n) is 7.71. The largest absolute Gasteiger partial charge is 0.390 e. The van der Waals surface area contributed by atoms with Gasteiger partial charge in [0.05, 0.1) is 12.2 Å². The Morgan fingerprint density at radius 3 is 2.52 bits per heavy atom. The van der Waals surface area contributed by atoms with Crippen LogP contribution >= 0.6 is 0 Å². The molecular formula is C17H25N3O3. The van der Waals surface area contributed by atoms with Gasteiger partial charge in [0.15, 0.2) is 5.69 Å². The van der Waals surface area contributed by atoms with Crippen molar-refractivity contribution in [1.82, 2.24) is 15.1 Å². The Kier molecular flexibility index (Phi) is 3.69. The first-order chi connectivity index (χ1) is 11.0. The molecule has 0 aromatic carbocycles. The number of H-pyrrole nitrogens is 1. The number of carbonyl (C=O) groups is 1. The van der Waals surface area contributed by atoms with Crippen molar-refractivity contribution in [3.05, 3.63) is 17.0 Å². The number of amides is 1. The third kappa shape index (κ3) is 2.58. The van der Waals surface area contributed by atoms with E-state index in [2.05, 4.69) is 17.1 Å². The fourth-order valence-corrected chi connectivity index (χ4v) is 4.57. The zero-order valence-corrected chi connectivity index (χ0v) is 13.5. The molecule has 5 atom stereocenters. The van der Waals surface area contributed by atoms with Crippen LogP contribution in [0.4, 0.5) is 0 Å². The molecule has 2 fully saturated rings. The van der Waals surface area contributed by atoms with Gasteiger partial charge in [0.1, 0.15) is 0 Å². The van der Waals surface area contributed by atoms with E-state index in [0.717, 1.165) is 30.5 Å². The molecule has 1 aromatic rings. The zero-order valence-electron chi connectivity index (χ0n) is 13.5. The third-order valence-electron chi connectivity index (χ3n) is 5.99. The van der Waals surface area contributed by atoms with Crippen molar-refractivity contribution >= 4 is 5.91 Å². The van der Waals surface area contributed by atoms with Crippen LogP contribution in [-0.4, -0.2) is 56.5 Å². The lowest BCUT2D eigenvalue weighted by atomic mass is 9.79. The Hall–Kier alpha value is -1.40. The monoisotopic (exact) mass is 319 g/mol. The Morgan fingerprint density at radius 2 is 1.87 bits per heavy atom. The Balaban J connectivity index is 1.52. The molecule has 6 nitrogen and oxygen atoms in total. The fourth-order valence-electron chi connectivity index (χ4n) is 4.57. The van der Waals surface area contributed by atoms with Crippen LogP contribution in [0.3, 0.4) is 0 Å². The van der Waals surface area contributed by atoms with E-state index < -0.39 is 12.2 Å². The van der Waals surface area contributed by atoms with Gasteiger partial charge in [-0.2, -0.15) is 5.10 Å². The number of fused-ring (bicyclic) bond motifs is 2. The van der Waals surface area contributed by atoms with Crippen molar-refractivity contribution in [3.8, 4) is 0 Å². The summed E-state index contributed by atoms with van der Waals surface area (Å²) < 4.78 is 0. The molecule has 2 aliphatic carbocycles. The summed E-state index contributed by atoms with van der Waals surface area (Å²) in [5, 5.41) is 27.1. The van der Waals surface area contributed by atoms with E-state index >= 15 is 0 Å². The SMILES string of the molecule is C[C@H]1CCc2[nH]nc(C(=O)N3C[C@H]4C[C@H](O)[C@@H](O)C[C@H]4C3)c2C1. The van der Waals surface area contributed by atoms with Crippen molar-refractivity contribution in [3.63, 3.8) is 0 Å². The van der Waals surface area contributed by atoms with Crippen LogP contribution in [0, 0.1) is 17.8 Å². The van der Waals surface area contributed by atoms with Crippen LogP contribution in [0.1, 0.15) is 47.9 Å². The molecule has 2 heterocycles. The number of hydrogen-bond donors (Lipinski definition) is 3. The van der Waals surface area contributed by atoms with Crippen LogP contribution in [0.2, 0.25) is 0 Å². The molecule has 0 spiro atoms. The molecule has 23 heavy (non-hydrogen) atoms. The number of aromatic nitrogens is 2. The Bertz CT molecular complexity index is 596. The maximum atomic E-state index is 12.9. The van der Waals surface area contributed by atoms with Crippen molar-refractivity contribution < 1.29 is 15.0 Å². The molecule has 3 N–H and O–H groups in total. The number of likely N-dealkylation sites (tertiary alicyclic amines) is 1. The topological polar surface area (TPSA) is 89.5 Å². The average Bonchev–Trinajstić information content (AvgIpc) is 3.10. The second-order valence-corrected chi connectivity index (χ2v) is 7.71. The van der Waals surface area contributed by atoms with Crippen molar-refractivity contribution in [2.45, 2.75) is 51.2 Å². The van der Waals surface area contributed by atoms with Gasteiger partial charge in [0, 0.05) is 24.3 Å². The van der Waals surface area contributed by atoms with Gasteiger partial charge in [-0.25, -0.2) is 0 Å². The number of aryl methyl sites for hydroxylation is 1. The lowest BCUT2D eigenvalue weighted by molar-refractivity contribution is -0.0372. The summed E-state index contributed by atoms with van der Waals surface area (Å²) in [6.07, 6.45) is 2.92. The maximum absolute atomic E-state index is 12.9. The lowest BCUT2D eigenvalue weighted by Crippen LogP contribution is -2.38. The van der Waals surface area contributed by atoms with Gasteiger partial charge in [-0.05, 0) is 49.9 Å². The molecular weight excluding hydrogens is 294 g/mol. The number of aliphatic hydroxyl groups excluding tert-OH is 2. The number of aromatic amines is 1. The molecule has 6 heteroatoms. The highest BCUT2D eigenvalue weighted by Gasteiger charge is 2.43. The summed E-state index contributed by atoms with van der Waals surface area (Å²) in [6, 6.07) is 0. The summed E-state index contributed by atoms with van der Waals surface area (Å²) in [4.78, 5) is 14.8. The molecule has 0 radical (unpaired) electrons. The highest BCUT2D eigenvalue weighted by Crippen LogP contribution is 2.37. The van der Waals surface area contributed by atoms with Crippen molar-refractivity contribution in [2.24, 2.45) is 17.8 Å². The minimum absolute atomic E-state index is 0.00924. The first kappa shape index (κ1) is 15.1. The van der Waals surface area contributed by atoms with Gasteiger partial charge < -0.3 is 15.1 Å². The van der Waals surface area contributed by atoms with Crippen LogP contribution in [-0.2, 0) is 12.8 Å². The van der Waals surface area contributed by atoms with E-state index in [1.165, 1.54) is 0 Å². The van der Waals surface area contributed by atoms with Gasteiger partial charge >= 0.3 is 0 Å². The number of aliphatic hydroxyl groups is 2. The predicted octanol–water partition coefficient (Wildman–Crippen LogP) is 0.738. The first-order valence-electron chi connectivity index (χ1n) is 8.74. The second kappa shape index (κ2) is 5.60. The number of nitrogens with zero attached hydrogens (tertiary/aromatic N) is 2. The number of carbonyl (C=O) groups excluding carboxylic acids is 1. The highest BCUT2D eigenvalue weighted by molar-refractivity contribution is 5.94. The summed E-state index contributed by atoms with van der Waals surface area (Å²) in [6.45, 7) is 3.56. The molecule has 4 rings (SSSR count). The molecule has 1 aliphatic heterocycles. The van der Waals surface area contributed by atoms with Crippen LogP contribution in [0.5, 0.6) is 0 Å². The summed E-state index contributed by atoms with van der Waals surface area (Å²) in [7, 11) is 0. The van der Waals surface area contributed by atoms with E-state index in [9.17, 15) is 15.0 Å². The van der Waals surface area contributed by atoms with Gasteiger partial charge in [-0.3, -0.25) is 9.89 Å². The molecule has 0 bridgehead atoms. The van der Waals surface area contributed by atoms with Crippen LogP contribution in [0.15, 0.2) is 0 Å². The van der Waals surface area contributed by atoms with Gasteiger partial charge in [-0.1, -0.05) is 6.92 Å². The molecule has 1 amide bonds. The minimum atomic E-state index is -0.648. The standard InChI is InChI=1S/C17H25N3O3/c1-9-2-3-13-12(4-9)16(19-18-13)17(23)20-7-10-5-14(21)15(22)6-11(10)8-20/h9-11,14-15,21-22H,2-8H2,1H3,(H,18,19)/t9-,10-,11+,14-,15-/m0/s1. The zero-order chi connectivity index (χ0) is 16.1. The number of rotatable bonds is 1. The van der Waals surface area contributed by atoms with Crippen molar-refractivity contribution in [1.29, 1.82) is 0 Å². The van der Waals surface area contributed by atoms with E-state index in [0.29, 0.717) is 49.4 Å². The van der Waals surface area contributed by atoms with Crippen LogP contribution < -0.4 is 0 Å². The molecule has 0 unspecified atom stereocenters. The number of hydrogen-bond acceptors (Lipinski definition) is 4. The van der Waals surface area contributed by atoms with Gasteiger partial charge in [-0.15, -0.1) is 0 Å².